The highest BCUT2D eigenvalue weighted by Gasteiger charge is 2.52. The Morgan fingerprint density at radius 2 is 1.50 bits per heavy atom. The molecule has 1 rings (SSSR count). The van der Waals surface area contributed by atoms with Gasteiger partial charge in [0.05, 0.1) is 6.61 Å². The molecule has 2 nitrogen and oxygen atoms in total. The highest BCUT2D eigenvalue weighted by molar-refractivity contribution is 7.80. The summed E-state index contributed by atoms with van der Waals surface area (Å²) in [5, 5.41) is 3.27. The van der Waals surface area contributed by atoms with Crippen molar-refractivity contribution < 1.29 is 4.74 Å². The van der Waals surface area contributed by atoms with Crippen LogP contribution in [0.5, 0.6) is 0 Å². The SMILES string of the molecule is CCCCCCCCCCCCC(C)C1(C(=S)NCC)CO1. The third-order valence-corrected chi connectivity index (χ3v) is 5.45. The fourth-order valence-corrected chi connectivity index (χ4v) is 3.66. The number of nitrogens with one attached hydrogen (secondary N) is 1. The van der Waals surface area contributed by atoms with Crippen LogP contribution < -0.4 is 5.32 Å². The zero-order valence-electron chi connectivity index (χ0n) is 15.1. The lowest BCUT2D eigenvalue weighted by Gasteiger charge is -2.21. The van der Waals surface area contributed by atoms with Crippen LogP contribution in [0.4, 0.5) is 0 Å². The van der Waals surface area contributed by atoms with Gasteiger partial charge in [-0.15, -0.1) is 0 Å². The van der Waals surface area contributed by atoms with Crippen molar-refractivity contribution >= 4 is 17.2 Å². The summed E-state index contributed by atoms with van der Waals surface area (Å²) < 4.78 is 5.71. The van der Waals surface area contributed by atoms with Gasteiger partial charge in [0.15, 0.2) is 0 Å². The highest BCUT2D eigenvalue weighted by atomic mass is 32.1. The van der Waals surface area contributed by atoms with E-state index in [4.69, 9.17) is 17.0 Å². The smallest absolute Gasteiger partial charge is 0.144 e. The predicted molar refractivity (Wildman–Crippen MR) is 101 cm³/mol. The van der Waals surface area contributed by atoms with Crippen molar-refractivity contribution in [3.8, 4) is 0 Å². The first-order valence-corrected chi connectivity index (χ1v) is 10.0. The van der Waals surface area contributed by atoms with E-state index in [0.29, 0.717) is 5.92 Å². The standard InChI is InChI=1S/C19H37NOS/c1-4-6-7-8-9-10-11-12-13-14-15-17(3)19(16-21-19)18(22)20-5-2/h17H,4-16H2,1-3H3,(H,20,22). The van der Waals surface area contributed by atoms with Crippen LogP contribution in [0.3, 0.4) is 0 Å². The van der Waals surface area contributed by atoms with Gasteiger partial charge in [-0.1, -0.05) is 90.3 Å². The number of rotatable bonds is 14. The lowest BCUT2D eigenvalue weighted by atomic mass is 9.89. The van der Waals surface area contributed by atoms with Crippen molar-refractivity contribution in [2.45, 2.75) is 97.0 Å². The molecule has 1 N–H and O–H groups in total. The zero-order chi connectivity index (χ0) is 16.3. The maximum atomic E-state index is 5.71. The summed E-state index contributed by atoms with van der Waals surface area (Å²) in [7, 11) is 0. The second-order valence-corrected chi connectivity index (χ2v) is 7.32. The maximum absolute atomic E-state index is 5.71. The van der Waals surface area contributed by atoms with Gasteiger partial charge in [0, 0.05) is 6.54 Å². The molecular formula is C19H37NOS. The number of hydrogen-bond donors (Lipinski definition) is 1. The average Bonchev–Trinajstić information content (AvgIpc) is 3.31. The van der Waals surface area contributed by atoms with E-state index in [1.807, 2.05) is 0 Å². The van der Waals surface area contributed by atoms with E-state index in [2.05, 4.69) is 26.1 Å². The quantitative estimate of drug-likeness (QED) is 0.254. The molecule has 1 saturated heterocycles. The summed E-state index contributed by atoms with van der Waals surface area (Å²) >= 11 is 5.47. The van der Waals surface area contributed by atoms with E-state index in [0.717, 1.165) is 18.1 Å². The number of epoxide rings is 1. The summed E-state index contributed by atoms with van der Waals surface area (Å²) in [5.74, 6) is 0.549. The minimum absolute atomic E-state index is 0.120. The fraction of sp³-hybridized carbons (Fsp3) is 0.947. The molecule has 1 fully saturated rings. The first-order chi connectivity index (χ1) is 10.7. The molecule has 0 bridgehead atoms. The Labute approximate surface area is 143 Å². The van der Waals surface area contributed by atoms with Crippen molar-refractivity contribution in [1.29, 1.82) is 0 Å². The second-order valence-electron chi connectivity index (χ2n) is 6.91. The van der Waals surface area contributed by atoms with E-state index in [9.17, 15) is 0 Å². The summed E-state index contributed by atoms with van der Waals surface area (Å²) in [5.41, 5.74) is -0.120. The molecule has 0 radical (unpaired) electrons. The number of likely N-dealkylation sites (N-methyl/N-ethyl adjacent to an activating group) is 1. The topological polar surface area (TPSA) is 24.6 Å². The van der Waals surface area contributed by atoms with E-state index in [-0.39, 0.29) is 5.60 Å². The normalized spacial score (nSPS) is 21.6. The molecule has 0 aromatic carbocycles. The lowest BCUT2D eigenvalue weighted by Crippen LogP contribution is -2.40. The van der Waals surface area contributed by atoms with Gasteiger partial charge in [-0.2, -0.15) is 0 Å². The van der Waals surface area contributed by atoms with Crippen molar-refractivity contribution in [1.82, 2.24) is 5.32 Å². The molecule has 0 saturated carbocycles. The molecule has 2 unspecified atom stereocenters. The Bertz CT molecular complexity index is 302. The first kappa shape index (κ1) is 19.9. The second kappa shape index (κ2) is 11.4. The van der Waals surface area contributed by atoms with Gasteiger partial charge in [-0.3, -0.25) is 0 Å². The van der Waals surface area contributed by atoms with Gasteiger partial charge < -0.3 is 10.1 Å². The molecule has 0 aliphatic carbocycles. The summed E-state index contributed by atoms with van der Waals surface area (Å²) in [6.45, 7) is 8.38. The van der Waals surface area contributed by atoms with Crippen LogP contribution in [0, 0.1) is 5.92 Å². The Balaban J connectivity index is 1.97. The summed E-state index contributed by atoms with van der Waals surface area (Å²) in [4.78, 5) is 0.926. The molecule has 0 spiro atoms. The summed E-state index contributed by atoms with van der Waals surface area (Å²) in [6.07, 6.45) is 15.2. The third-order valence-electron chi connectivity index (χ3n) is 4.96. The average molecular weight is 328 g/mol. The van der Waals surface area contributed by atoms with Crippen LogP contribution in [0.15, 0.2) is 0 Å². The fourth-order valence-electron chi connectivity index (χ4n) is 3.20. The minimum Gasteiger partial charge on any atom is -0.377 e. The molecule has 2 atom stereocenters. The van der Waals surface area contributed by atoms with E-state index < -0.39 is 0 Å². The number of unbranched alkanes of at least 4 members (excludes halogenated alkanes) is 9. The highest BCUT2D eigenvalue weighted by Crippen LogP contribution is 2.39. The molecular weight excluding hydrogens is 290 g/mol. The Morgan fingerprint density at radius 1 is 1.00 bits per heavy atom. The number of ether oxygens (including phenoxy) is 1. The van der Waals surface area contributed by atoms with Gasteiger partial charge in [0.2, 0.25) is 0 Å². The lowest BCUT2D eigenvalue weighted by molar-refractivity contribution is 0.276. The largest absolute Gasteiger partial charge is 0.377 e. The van der Waals surface area contributed by atoms with E-state index >= 15 is 0 Å². The maximum Gasteiger partial charge on any atom is 0.144 e. The third kappa shape index (κ3) is 6.95. The van der Waals surface area contributed by atoms with Crippen LogP contribution in [0.25, 0.3) is 0 Å². The molecule has 1 heterocycles. The first-order valence-electron chi connectivity index (χ1n) is 9.59. The molecule has 1 aliphatic heterocycles. The van der Waals surface area contributed by atoms with Gasteiger partial charge in [0.1, 0.15) is 10.6 Å². The zero-order valence-corrected chi connectivity index (χ0v) is 15.9. The van der Waals surface area contributed by atoms with E-state index in [1.165, 1.54) is 70.6 Å². The van der Waals surface area contributed by atoms with Crippen LogP contribution in [0.2, 0.25) is 0 Å². The number of thiocarbonyl (C=S) groups is 1. The molecule has 0 amide bonds. The Morgan fingerprint density at radius 3 is 1.95 bits per heavy atom. The van der Waals surface area contributed by atoms with Crippen molar-refractivity contribution in [2.75, 3.05) is 13.2 Å². The molecule has 0 aromatic rings. The molecule has 3 heteroatoms. The summed E-state index contributed by atoms with van der Waals surface area (Å²) in [6, 6.07) is 0. The molecule has 130 valence electrons. The van der Waals surface area contributed by atoms with Crippen molar-refractivity contribution in [2.24, 2.45) is 5.92 Å². The van der Waals surface area contributed by atoms with Gasteiger partial charge in [-0.25, -0.2) is 0 Å². The van der Waals surface area contributed by atoms with Crippen LogP contribution >= 0.6 is 12.2 Å². The molecule has 22 heavy (non-hydrogen) atoms. The van der Waals surface area contributed by atoms with Crippen LogP contribution in [-0.2, 0) is 4.74 Å². The van der Waals surface area contributed by atoms with Crippen LogP contribution in [-0.4, -0.2) is 23.7 Å². The molecule has 0 aromatic heterocycles. The van der Waals surface area contributed by atoms with Crippen molar-refractivity contribution in [3.63, 3.8) is 0 Å². The number of hydrogen-bond acceptors (Lipinski definition) is 2. The van der Waals surface area contributed by atoms with Gasteiger partial charge >= 0.3 is 0 Å². The predicted octanol–water partition coefficient (Wildman–Crippen LogP) is 5.64. The van der Waals surface area contributed by atoms with Gasteiger partial charge in [0.25, 0.3) is 0 Å². The minimum atomic E-state index is -0.120. The molecule has 1 aliphatic rings. The Hall–Kier alpha value is -0.150. The van der Waals surface area contributed by atoms with E-state index in [1.54, 1.807) is 0 Å². The monoisotopic (exact) mass is 327 g/mol. The van der Waals surface area contributed by atoms with Crippen molar-refractivity contribution in [3.05, 3.63) is 0 Å². The van der Waals surface area contributed by atoms with Crippen LogP contribution in [0.1, 0.15) is 91.4 Å². The van der Waals surface area contributed by atoms with Gasteiger partial charge in [-0.05, 0) is 19.3 Å². The Kier molecular flexibility index (Phi) is 10.3.